The Hall–Kier alpha value is -2.40. The molecule has 25 heavy (non-hydrogen) atoms. The van der Waals surface area contributed by atoms with Gasteiger partial charge in [0.2, 0.25) is 0 Å². The van der Waals surface area contributed by atoms with Gasteiger partial charge in [-0.15, -0.1) is 0 Å². The van der Waals surface area contributed by atoms with Gasteiger partial charge in [-0.25, -0.2) is 9.78 Å². The first-order chi connectivity index (χ1) is 12.3. The zero-order valence-electron chi connectivity index (χ0n) is 14.7. The SMILES string of the molecule is CCOC(=O)c1ccc(N2CCN(CCc3ccccc3)CC2)nc1. The molecule has 3 rings (SSSR count). The molecule has 1 aromatic carbocycles. The Morgan fingerprint density at radius 2 is 1.84 bits per heavy atom. The summed E-state index contributed by atoms with van der Waals surface area (Å²) in [5, 5.41) is 0. The second kappa shape index (κ2) is 8.62. The van der Waals surface area contributed by atoms with E-state index in [1.807, 2.05) is 6.07 Å². The zero-order chi connectivity index (χ0) is 17.5. The molecule has 5 heteroatoms. The maximum absolute atomic E-state index is 11.7. The Morgan fingerprint density at radius 3 is 2.48 bits per heavy atom. The zero-order valence-corrected chi connectivity index (χ0v) is 14.7. The van der Waals surface area contributed by atoms with E-state index in [4.69, 9.17) is 4.74 Å². The van der Waals surface area contributed by atoms with Crippen LogP contribution in [0.4, 0.5) is 5.82 Å². The number of anilines is 1. The molecule has 0 spiro atoms. The Kier molecular flexibility index (Phi) is 6.01. The van der Waals surface area contributed by atoms with Crippen LogP contribution in [0.3, 0.4) is 0 Å². The fourth-order valence-electron chi connectivity index (χ4n) is 3.04. The molecule has 0 bridgehead atoms. The Balaban J connectivity index is 1.48. The Bertz CT molecular complexity index is 665. The Morgan fingerprint density at radius 1 is 1.08 bits per heavy atom. The standard InChI is InChI=1S/C20H25N3O2/c1-2-25-20(24)18-8-9-19(21-16-18)23-14-12-22(13-15-23)11-10-17-6-4-3-5-7-17/h3-9,16H,2,10-15H2,1H3. The third-order valence-corrected chi connectivity index (χ3v) is 4.51. The molecule has 0 amide bonds. The van der Waals surface area contributed by atoms with Crippen LogP contribution in [0.25, 0.3) is 0 Å². The number of rotatable bonds is 6. The summed E-state index contributed by atoms with van der Waals surface area (Å²) in [6.07, 6.45) is 2.70. The largest absolute Gasteiger partial charge is 0.462 e. The van der Waals surface area contributed by atoms with Gasteiger partial charge in [0.1, 0.15) is 5.82 Å². The van der Waals surface area contributed by atoms with E-state index in [1.165, 1.54) is 5.56 Å². The molecule has 0 unspecified atom stereocenters. The summed E-state index contributed by atoms with van der Waals surface area (Å²) in [6, 6.07) is 14.3. The summed E-state index contributed by atoms with van der Waals surface area (Å²) in [4.78, 5) is 20.9. The van der Waals surface area contributed by atoms with Crippen LogP contribution in [-0.4, -0.2) is 55.2 Å². The van der Waals surface area contributed by atoms with Gasteiger partial charge < -0.3 is 9.64 Å². The van der Waals surface area contributed by atoms with Crippen molar-refractivity contribution in [3.05, 3.63) is 59.8 Å². The molecule has 0 atom stereocenters. The van der Waals surface area contributed by atoms with E-state index in [0.29, 0.717) is 12.2 Å². The third kappa shape index (κ3) is 4.79. The van der Waals surface area contributed by atoms with Crippen molar-refractivity contribution in [1.82, 2.24) is 9.88 Å². The predicted octanol–water partition coefficient (Wildman–Crippen LogP) is 2.62. The molecule has 0 saturated carbocycles. The summed E-state index contributed by atoms with van der Waals surface area (Å²) >= 11 is 0. The maximum Gasteiger partial charge on any atom is 0.339 e. The fraction of sp³-hybridized carbons (Fsp3) is 0.400. The summed E-state index contributed by atoms with van der Waals surface area (Å²) in [5.41, 5.74) is 1.90. The van der Waals surface area contributed by atoms with E-state index in [1.54, 1.807) is 19.2 Å². The highest BCUT2D eigenvalue weighted by Gasteiger charge is 2.18. The van der Waals surface area contributed by atoms with Crippen LogP contribution in [0.1, 0.15) is 22.8 Å². The van der Waals surface area contributed by atoms with Crippen LogP contribution < -0.4 is 4.90 Å². The first-order valence-corrected chi connectivity index (χ1v) is 8.90. The van der Waals surface area contributed by atoms with Crippen LogP contribution in [0.15, 0.2) is 48.7 Å². The van der Waals surface area contributed by atoms with E-state index >= 15 is 0 Å². The van der Waals surface area contributed by atoms with Crippen molar-refractivity contribution in [3.63, 3.8) is 0 Å². The average molecular weight is 339 g/mol. The number of esters is 1. The van der Waals surface area contributed by atoms with Gasteiger partial charge in [-0.2, -0.15) is 0 Å². The minimum absolute atomic E-state index is 0.313. The van der Waals surface area contributed by atoms with Crippen molar-refractivity contribution in [2.75, 3.05) is 44.2 Å². The summed E-state index contributed by atoms with van der Waals surface area (Å²) in [7, 11) is 0. The predicted molar refractivity (Wildman–Crippen MR) is 99.0 cm³/mol. The number of pyridine rings is 1. The first kappa shape index (κ1) is 17.4. The van der Waals surface area contributed by atoms with Crippen LogP contribution >= 0.6 is 0 Å². The van der Waals surface area contributed by atoms with Crippen LogP contribution in [-0.2, 0) is 11.2 Å². The number of carbonyl (C=O) groups excluding carboxylic acids is 1. The fourth-order valence-corrected chi connectivity index (χ4v) is 3.04. The van der Waals surface area contributed by atoms with Gasteiger partial charge in [0, 0.05) is 38.9 Å². The highest BCUT2D eigenvalue weighted by atomic mass is 16.5. The van der Waals surface area contributed by atoms with E-state index in [-0.39, 0.29) is 5.97 Å². The number of aromatic nitrogens is 1. The molecular formula is C20H25N3O2. The van der Waals surface area contributed by atoms with E-state index in [2.05, 4.69) is 45.1 Å². The van der Waals surface area contributed by atoms with E-state index in [9.17, 15) is 4.79 Å². The van der Waals surface area contributed by atoms with Gasteiger partial charge in [-0.05, 0) is 31.0 Å². The lowest BCUT2D eigenvalue weighted by Crippen LogP contribution is -2.47. The molecule has 0 radical (unpaired) electrons. The van der Waals surface area contributed by atoms with Gasteiger partial charge in [0.15, 0.2) is 0 Å². The minimum atomic E-state index is -0.313. The molecule has 1 aliphatic heterocycles. The number of ether oxygens (including phenoxy) is 1. The van der Waals surface area contributed by atoms with Gasteiger partial charge in [0.25, 0.3) is 0 Å². The molecule has 0 aliphatic carbocycles. The molecule has 2 heterocycles. The summed E-state index contributed by atoms with van der Waals surface area (Å²) in [5.74, 6) is 0.614. The summed E-state index contributed by atoms with van der Waals surface area (Å²) < 4.78 is 4.99. The quantitative estimate of drug-likeness (QED) is 0.757. The van der Waals surface area contributed by atoms with E-state index in [0.717, 1.165) is 45.0 Å². The van der Waals surface area contributed by atoms with Crippen LogP contribution in [0, 0.1) is 0 Å². The summed E-state index contributed by atoms with van der Waals surface area (Å²) in [6.45, 7) is 7.26. The number of piperazine rings is 1. The van der Waals surface area contributed by atoms with Crippen LogP contribution in [0.2, 0.25) is 0 Å². The van der Waals surface area contributed by atoms with Crippen molar-refractivity contribution >= 4 is 11.8 Å². The molecule has 5 nitrogen and oxygen atoms in total. The highest BCUT2D eigenvalue weighted by Crippen LogP contribution is 2.15. The molecule has 1 fully saturated rings. The van der Waals surface area contributed by atoms with Crippen LogP contribution in [0.5, 0.6) is 0 Å². The van der Waals surface area contributed by atoms with Gasteiger partial charge in [0.05, 0.1) is 12.2 Å². The average Bonchev–Trinajstić information content (AvgIpc) is 2.68. The molecule has 1 saturated heterocycles. The number of hydrogen-bond acceptors (Lipinski definition) is 5. The van der Waals surface area contributed by atoms with E-state index < -0.39 is 0 Å². The number of carbonyl (C=O) groups is 1. The third-order valence-electron chi connectivity index (χ3n) is 4.51. The monoisotopic (exact) mass is 339 g/mol. The highest BCUT2D eigenvalue weighted by molar-refractivity contribution is 5.89. The lowest BCUT2D eigenvalue weighted by Gasteiger charge is -2.35. The van der Waals surface area contributed by atoms with Crippen molar-refractivity contribution in [3.8, 4) is 0 Å². The number of benzene rings is 1. The lowest BCUT2D eigenvalue weighted by molar-refractivity contribution is 0.0526. The Labute approximate surface area is 149 Å². The second-order valence-electron chi connectivity index (χ2n) is 6.19. The number of hydrogen-bond donors (Lipinski definition) is 0. The van der Waals surface area contributed by atoms with Gasteiger partial charge in [-0.1, -0.05) is 30.3 Å². The first-order valence-electron chi connectivity index (χ1n) is 8.90. The molecular weight excluding hydrogens is 314 g/mol. The molecule has 132 valence electrons. The second-order valence-corrected chi connectivity index (χ2v) is 6.19. The molecule has 2 aromatic rings. The lowest BCUT2D eigenvalue weighted by atomic mass is 10.1. The van der Waals surface area contributed by atoms with Crippen molar-refractivity contribution in [2.24, 2.45) is 0 Å². The van der Waals surface area contributed by atoms with Gasteiger partial charge in [-0.3, -0.25) is 4.90 Å². The molecule has 0 N–H and O–H groups in total. The number of nitrogens with zero attached hydrogens (tertiary/aromatic N) is 3. The topological polar surface area (TPSA) is 45.7 Å². The molecule has 1 aliphatic rings. The minimum Gasteiger partial charge on any atom is -0.462 e. The smallest absolute Gasteiger partial charge is 0.339 e. The maximum atomic E-state index is 11.7. The van der Waals surface area contributed by atoms with Crippen molar-refractivity contribution in [2.45, 2.75) is 13.3 Å². The molecule has 1 aromatic heterocycles. The normalized spacial score (nSPS) is 15.2. The van der Waals surface area contributed by atoms with Crippen molar-refractivity contribution < 1.29 is 9.53 Å². The van der Waals surface area contributed by atoms with Gasteiger partial charge >= 0.3 is 5.97 Å². The van der Waals surface area contributed by atoms with Crippen molar-refractivity contribution in [1.29, 1.82) is 0 Å².